The van der Waals surface area contributed by atoms with Crippen molar-refractivity contribution in [2.24, 2.45) is 10.8 Å². The first-order valence-corrected chi connectivity index (χ1v) is 20.9. The van der Waals surface area contributed by atoms with Gasteiger partial charge in [-0.1, -0.05) is 52.7 Å². The number of anilines is 1. The van der Waals surface area contributed by atoms with E-state index in [0.717, 1.165) is 88.2 Å². The molecule has 0 radical (unpaired) electrons. The van der Waals surface area contributed by atoms with Crippen LogP contribution in [0.1, 0.15) is 109 Å². The van der Waals surface area contributed by atoms with Crippen LogP contribution in [-0.4, -0.2) is 84.3 Å². The number of unbranched alkanes of at least 4 members (excludes halogenated alkanes) is 3. The number of hydrogen-bond acceptors (Lipinski definition) is 8. The van der Waals surface area contributed by atoms with Gasteiger partial charge in [-0.25, -0.2) is 0 Å². The van der Waals surface area contributed by atoms with E-state index >= 15 is 0 Å². The van der Waals surface area contributed by atoms with Crippen LogP contribution in [0.5, 0.6) is 5.75 Å². The minimum absolute atomic E-state index is 0.0282. The first kappa shape index (κ1) is 42.7. The van der Waals surface area contributed by atoms with Crippen molar-refractivity contribution in [1.82, 2.24) is 20.4 Å². The maximum absolute atomic E-state index is 13.6. The topological polar surface area (TPSA) is 135 Å². The van der Waals surface area contributed by atoms with Gasteiger partial charge in [0.2, 0.25) is 11.8 Å². The smallest absolute Gasteiger partial charge is 0.417 e. The number of imide groups is 1. The number of nitriles is 1. The molecular weight excluding hydrogens is 774 g/mol. The van der Waals surface area contributed by atoms with Crippen molar-refractivity contribution in [3.8, 4) is 11.8 Å². The van der Waals surface area contributed by atoms with Crippen molar-refractivity contribution in [3.05, 3.63) is 94.0 Å². The summed E-state index contributed by atoms with van der Waals surface area (Å²) in [5.74, 6) is -1.03. The van der Waals surface area contributed by atoms with Crippen molar-refractivity contribution in [2.75, 3.05) is 37.6 Å². The van der Waals surface area contributed by atoms with Crippen molar-refractivity contribution in [2.45, 2.75) is 104 Å². The molecule has 2 saturated heterocycles. The zero-order valence-electron chi connectivity index (χ0n) is 34.7. The van der Waals surface area contributed by atoms with E-state index in [-0.39, 0.29) is 35.9 Å². The van der Waals surface area contributed by atoms with Crippen LogP contribution in [0, 0.1) is 22.2 Å². The van der Waals surface area contributed by atoms with E-state index in [1.165, 1.54) is 11.6 Å². The molecule has 1 aliphatic carbocycles. The lowest BCUT2D eigenvalue weighted by molar-refractivity contribution is -0.164. The summed E-state index contributed by atoms with van der Waals surface area (Å²) in [6.07, 6.45) is 0.759. The van der Waals surface area contributed by atoms with Crippen LogP contribution in [0.3, 0.4) is 0 Å². The molecule has 3 aromatic carbocycles. The van der Waals surface area contributed by atoms with E-state index in [0.29, 0.717) is 24.1 Å². The molecule has 3 aromatic rings. The lowest BCUT2D eigenvalue weighted by Crippen LogP contribution is -2.74. The average molecular weight is 827 g/mol. The van der Waals surface area contributed by atoms with Crippen molar-refractivity contribution in [1.29, 1.82) is 5.26 Å². The van der Waals surface area contributed by atoms with Gasteiger partial charge >= 0.3 is 6.18 Å². The zero-order chi connectivity index (χ0) is 43.0. The van der Waals surface area contributed by atoms with Crippen molar-refractivity contribution >= 4 is 29.3 Å². The minimum atomic E-state index is -4.69. The summed E-state index contributed by atoms with van der Waals surface area (Å²) in [4.78, 5) is 56.9. The molecule has 2 N–H and O–H groups in total. The predicted molar refractivity (Wildman–Crippen MR) is 219 cm³/mol. The SMILES string of the molecule is CC1(C)C(NC(=O)c2ccc(CCCCCCN3CCN(c4ccc5c(c4)CN([C@H]4CCC(=O)NC4=O)C5=O)CC3)cc2)C(C)(C)C1Oc1ccc(C#N)c(C(F)(F)F)c1. The molecule has 0 aromatic heterocycles. The van der Waals surface area contributed by atoms with E-state index in [2.05, 4.69) is 26.5 Å². The second-order valence-electron chi connectivity index (χ2n) is 17.8. The summed E-state index contributed by atoms with van der Waals surface area (Å²) in [5, 5.41) is 14.7. The highest BCUT2D eigenvalue weighted by Crippen LogP contribution is 2.55. The lowest BCUT2D eigenvalue weighted by atomic mass is 9.49. The first-order valence-electron chi connectivity index (χ1n) is 20.9. The molecule has 1 saturated carbocycles. The molecule has 0 unspecified atom stereocenters. The fourth-order valence-electron chi connectivity index (χ4n) is 9.91. The van der Waals surface area contributed by atoms with E-state index < -0.39 is 46.2 Å². The Morgan fingerprint density at radius 3 is 2.28 bits per heavy atom. The van der Waals surface area contributed by atoms with E-state index in [4.69, 9.17) is 10.00 Å². The number of halogens is 3. The Morgan fingerprint density at radius 2 is 1.62 bits per heavy atom. The fraction of sp³-hybridized carbons (Fsp3) is 0.500. The second-order valence-corrected chi connectivity index (χ2v) is 17.8. The predicted octanol–water partition coefficient (Wildman–Crippen LogP) is 6.88. The summed E-state index contributed by atoms with van der Waals surface area (Å²) in [5.41, 5.74) is 1.68. The van der Waals surface area contributed by atoms with Gasteiger partial charge < -0.3 is 19.9 Å². The molecule has 0 bridgehead atoms. The number of rotatable bonds is 13. The van der Waals surface area contributed by atoms with Gasteiger partial charge in [0.25, 0.3) is 11.8 Å². The third-order valence-electron chi connectivity index (χ3n) is 12.9. The van der Waals surface area contributed by atoms with Crippen LogP contribution in [0.4, 0.5) is 18.9 Å². The Kier molecular flexibility index (Phi) is 12.0. The maximum atomic E-state index is 13.6. The van der Waals surface area contributed by atoms with Crippen LogP contribution in [0.2, 0.25) is 0 Å². The molecule has 318 valence electrons. The quantitative estimate of drug-likeness (QED) is 0.141. The fourth-order valence-corrected chi connectivity index (χ4v) is 9.91. The number of fused-ring (bicyclic) bond motifs is 1. The van der Waals surface area contributed by atoms with E-state index in [9.17, 15) is 32.3 Å². The van der Waals surface area contributed by atoms with Crippen LogP contribution in [0.15, 0.2) is 60.7 Å². The molecule has 11 nitrogen and oxygen atoms in total. The number of alkyl halides is 3. The number of piperazine rings is 1. The molecule has 0 spiro atoms. The van der Waals surface area contributed by atoms with Crippen LogP contribution < -0.4 is 20.3 Å². The molecule has 4 aliphatic rings. The highest BCUT2D eigenvalue weighted by atomic mass is 19.4. The van der Waals surface area contributed by atoms with Crippen molar-refractivity contribution in [3.63, 3.8) is 0 Å². The highest BCUT2D eigenvalue weighted by Gasteiger charge is 2.64. The van der Waals surface area contributed by atoms with Crippen LogP contribution in [0.25, 0.3) is 0 Å². The maximum Gasteiger partial charge on any atom is 0.417 e. The molecule has 3 fully saturated rings. The first-order chi connectivity index (χ1) is 28.5. The van der Waals surface area contributed by atoms with Gasteiger partial charge in [0.15, 0.2) is 0 Å². The number of amides is 4. The number of aryl methyl sites for hydroxylation is 1. The van der Waals surface area contributed by atoms with Crippen LogP contribution in [-0.2, 0) is 28.7 Å². The number of ether oxygens (including phenoxy) is 1. The molecular formula is C46H53F3N6O5. The largest absolute Gasteiger partial charge is 0.489 e. The van der Waals surface area contributed by atoms with Gasteiger partial charge in [0.1, 0.15) is 17.9 Å². The zero-order valence-corrected chi connectivity index (χ0v) is 34.7. The molecule has 3 heterocycles. The highest BCUT2D eigenvalue weighted by molar-refractivity contribution is 6.05. The molecule has 3 aliphatic heterocycles. The van der Waals surface area contributed by atoms with E-state index in [1.54, 1.807) is 11.0 Å². The van der Waals surface area contributed by atoms with Gasteiger partial charge in [-0.05, 0) is 91.9 Å². The number of hydrogen-bond donors (Lipinski definition) is 2. The number of carbonyl (C=O) groups excluding carboxylic acids is 4. The molecule has 60 heavy (non-hydrogen) atoms. The Bertz CT molecular complexity index is 2160. The summed E-state index contributed by atoms with van der Waals surface area (Å²) in [6.45, 7) is 12.9. The summed E-state index contributed by atoms with van der Waals surface area (Å²) in [6, 6.07) is 17.7. The summed E-state index contributed by atoms with van der Waals surface area (Å²) in [7, 11) is 0. The van der Waals surface area contributed by atoms with Gasteiger partial charge in [0, 0.05) is 72.8 Å². The van der Waals surface area contributed by atoms with Crippen molar-refractivity contribution < 1.29 is 37.1 Å². The number of piperidine rings is 1. The molecule has 14 heteroatoms. The summed E-state index contributed by atoms with van der Waals surface area (Å²) < 4.78 is 46.8. The second kappa shape index (κ2) is 16.9. The Morgan fingerprint density at radius 1 is 0.917 bits per heavy atom. The van der Waals surface area contributed by atoms with E-state index in [1.807, 2.05) is 64.1 Å². The third kappa shape index (κ3) is 8.73. The third-order valence-corrected chi connectivity index (χ3v) is 12.9. The standard InChI is InChI=1S/C46H53F3N6O5/c1-44(2)42(45(3,4)43(44)60-34-16-14-31(27-50)36(26-34)46(47,48)49)52-39(57)30-12-10-29(11-13-30)9-7-5-6-8-20-53-21-23-54(24-22-53)33-15-17-35-32(25-33)28-55(41(35)59)37-18-19-38(56)51-40(37)58/h10-17,25-26,37,42-43H,5-9,18-24,28H2,1-4H3,(H,52,57)(H,51,56,58)/t37-,42?,43?/m0/s1. The number of carbonyl (C=O) groups is 4. The molecule has 1 atom stereocenters. The van der Waals surface area contributed by atoms with Gasteiger partial charge in [0.05, 0.1) is 17.2 Å². The number of benzene rings is 3. The number of nitrogens with one attached hydrogen (secondary N) is 2. The normalized spacial score (nSPS) is 22.4. The average Bonchev–Trinajstić information content (AvgIpc) is 3.54. The Balaban J connectivity index is 0.800. The Hall–Kier alpha value is -5.42. The monoisotopic (exact) mass is 826 g/mol. The van der Waals surface area contributed by atoms with Gasteiger partial charge in [-0.2, -0.15) is 18.4 Å². The summed E-state index contributed by atoms with van der Waals surface area (Å²) >= 11 is 0. The minimum Gasteiger partial charge on any atom is -0.489 e. The van der Waals surface area contributed by atoms with Crippen LogP contribution >= 0.6 is 0 Å². The van der Waals surface area contributed by atoms with Gasteiger partial charge in [-0.15, -0.1) is 0 Å². The number of nitrogens with zero attached hydrogens (tertiary/aromatic N) is 4. The molecule has 4 amide bonds. The Labute approximate surface area is 349 Å². The lowest BCUT2D eigenvalue weighted by Gasteiger charge is -2.63. The van der Waals surface area contributed by atoms with Gasteiger partial charge in [-0.3, -0.25) is 29.4 Å². The molecule has 7 rings (SSSR count).